The molecule has 0 spiro atoms. The Morgan fingerprint density at radius 3 is 2.59 bits per heavy atom. The number of rotatable bonds is 8. The minimum absolute atomic E-state index is 0.107. The van der Waals surface area contributed by atoms with Crippen LogP contribution in [0.3, 0.4) is 0 Å². The van der Waals surface area contributed by atoms with E-state index in [-0.39, 0.29) is 23.5 Å². The first-order valence-electron chi connectivity index (χ1n) is 10.4. The molecule has 4 rings (SSSR count). The van der Waals surface area contributed by atoms with Crippen LogP contribution < -0.4 is 10.1 Å². The largest absolute Gasteiger partial charge is 0.459 e. The number of amides is 1. The quantitative estimate of drug-likeness (QED) is 0.500. The number of halogens is 2. The second-order valence-electron chi connectivity index (χ2n) is 7.28. The average molecular weight is 463 g/mol. The van der Waals surface area contributed by atoms with E-state index in [9.17, 15) is 13.6 Å². The highest BCUT2D eigenvalue weighted by Gasteiger charge is 2.29. The molecule has 170 valence electrons. The van der Waals surface area contributed by atoms with E-state index in [0.717, 1.165) is 27.4 Å². The lowest BCUT2D eigenvalue weighted by molar-refractivity contribution is -0.0498. The molecule has 1 amide bonds. The van der Waals surface area contributed by atoms with Gasteiger partial charge in [0, 0.05) is 23.5 Å². The van der Waals surface area contributed by atoms with Gasteiger partial charge in [-0.15, -0.1) is 11.3 Å². The first-order chi connectivity index (χ1) is 15.5. The second-order valence-corrected chi connectivity index (χ2v) is 8.42. The number of nitrogens with zero attached hydrogens (tertiary/aromatic N) is 1. The smallest absolute Gasteiger partial charge is 0.387 e. The molecule has 1 aromatic carbocycles. The van der Waals surface area contributed by atoms with Gasteiger partial charge in [0.05, 0.1) is 25.5 Å². The third kappa shape index (κ3) is 5.17. The van der Waals surface area contributed by atoms with Crippen molar-refractivity contribution in [3.8, 4) is 5.75 Å². The number of nitrogens with one attached hydrogen (secondary N) is 1. The van der Waals surface area contributed by atoms with Gasteiger partial charge in [-0.2, -0.15) is 8.78 Å². The zero-order valence-electron chi connectivity index (χ0n) is 17.6. The highest BCUT2D eigenvalue weighted by molar-refractivity contribution is 7.16. The zero-order valence-corrected chi connectivity index (χ0v) is 18.4. The van der Waals surface area contributed by atoms with Crippen LogP contribution in [0.1, 0.15) is 39.5 Å². The van der Waals surface area contributed by atoms with E-state index in [1.54, 1.807) is 36.4 Å². The predicted molar refractivity (Wildman–Crippen MR) is 118 cm³/mol. The summed E-state index contributed by atoms with van der Waals surface area (Å²) in [6, 6.07) is 11.9. The number of furan rings is 1. The van der Waals surface area contributed by atoms with Crippen LogP contribution in [0.5, 0.6) is 5.75 Å². The molecule has 6 nitrogen and oxygen atoms in total. The van der Waals surface area contributed by atoms with E-state index in [4.69, 9.17) is 9.15 Å². The molecule has 1 saturated heterocycles. The zero-order chi connectivity index (χ0) is 22.5. The standard InChI is InChI=1S/C23H24F2N2O4S/c1-2-17-14-18(22(32-17)26-21(28)19-4-3-11-30-19)20(27-9-12-29-13-10-27)15-5-7-16(8-6-15)31-23(24)25/h3-8,11,14,20,23H,2,9-10,12-13H2,1H3,(H,26,28)/t20-/m0/s1. The van der Waals surface area contributed by atoms with Gasteiger partial charge in [0.15, 0.2) is 5.76 Å². The number of carbonyl (C=O) groups excluding carboxylic acids is 1. The molecule has 0 saturated carbocycles. The van der Waals surface area contributed by atoms with E-state index in [1.165, 1.54) is 17.6 Å². The Kier molecular flexibility index (Phi) is 7.19. The van der Waals surface area contributed by atoms with Gasteiger partial charge in [-0.05, 0) is 42.3 Å². The van der Waals surface area contributed by atoms with Crippen molar-refractivity contribution in [2.24, 2.45) is 0 Å². The summed E-state index contributed by atoms with van der Waals surface area (Å²) in [5.74, 6) is 0.0244. The van der Waals surface area contributed by atoms with Crippen molar-refractivity contribution in [3.05, 3.63) is 70.5 Å². The van der Waals surface area contributed by atoms with Crippen LogP contribution in [-0.2, 0) is 11.2 Å². The molecule has 0 aliphatic carbocycles. The van der Waals surface area contributed by atoms with E-state index in [1.807, 2.05) is 0 Å². The molecule has 1 fully saturated rings. The maximum atomic E-state index is 12.7. The lowest BCUT2D eigenvalue weighted by Crippen LogP contribution is -2.39. The van der Waals surface area contributed by atoms with Crippen molar-refractivity contribution < 1.29 is 27.5 Å². The minimum Gasteiger partial charge on any atom is -0.459 e. The number of anilines is 1. The SMILES string of the molecule is CCc1cc([C@H](c2ccc(OC(F)F)cc2)N2CCOCC2)c(NC(=O)c2ccco2)s1. The average Bonchev–Trinajstić information content (AvgIpc) is 3.46. The van der Waals surface area contributed by atoms with Crippen LogP contribution in [-0.4, -0.2) is 43.7 Å². The van der Waals surface area contributed by atoms with E-state index in [0.29, 0.717) is 26.3 Å². The molecular weight excluding hydrogens is 438 g/mol. The Bertz CT molecular complexity index is 1020. The number of hydrogen-bond acceptors (Lipinski definition) is 6. The van der Waals surface area contributed by atoms with E-state index < -0.39 is 6.61 Å². The maximum Gasteiger partial charge on any atom is 0.387 e. The summed E-state index contributed by atoms with van der Waals surface area (Å²) in [5, 5.41) is 3.74. The van der Waals surface area contributed by atoms with Crippen LogP contribution in [0.15, 0.2) is 53.1 Å². The summed E-state index contributed by atoms with van der Waals surface area (Å²) < 4.78 is 40.4. The van der Waals surface area contributed by atoms with Gasteiger partial charge < -0.3 is 19.2 Å². The van der Waals surface area contributed by atoms with Crippen molar-refractivity contribution in [2.45, 2.75) is 26.0 Å². The van der Waals surface area contributed by atoms with Gasteiger partial charge >= 0.3 is 6.61 Å². The Balaban J connectivity index is 1.70. The summed E-state index contributed by atoms with van der Waals surface area (Å²) in [6.45, 7) is 1.81. The Morgan fingerprint density at radius 2 is 1.97 bits per heavy atom. The van der Waals surface area contributed by atoms with Crippen molar-refractivity contribution >= 4 is 22.2 Å². The number of benzene rings is 1. The number of hydrogen-bond donors (Lipinski definition) is 1. The van der Waals surface area contributed by atoms with Gasteiger partial charge in [-0.25, -0.2) is 0 Å². The highest BCUT2D eigenvalue weighted by Crippen LogP contribution is 2.40. The van der Waals surface area contributed by atoms with Crippen molar-refractivity contribution in [2.75, 3.05) is 31.6 Å². The summed E-state index contributed by atoms with van der Waals surface area (Å²) in [5.41, 5.74) is 1.87. The Morgan fingerprint density at radius 1 is 1.22 bits per heavy atom. The molecule has 1 N–H and O–H groups in total. The van der Waals surface area contributed by atoms with Crippen LogP contribution >= 0.6 is 11.3 Å². The molecule has 9 heteroatoms. The van der Waals surface area contributed by atoms with Gasteiger partial charge in [0.2, 0.25) is 0 Å². The van der Waals surface area contributed by atoms with Crippen LogP contribution in [0.2, 0.25) is 0 Å². The van der Waals surface area contributed by atoms with Crippen molar-refractivity contribution in [1.29, 1.82) is 0 Å². The van der Waals surface area contributed by atoms with Gasteiger partial charge in [0.25, 0.3) is 5.91 Å². The third-order valence-electron chi connectivity index (χ3n) is 5.26. The predicted octanol–water partition coefficient (Wildman–Crippen LogP) is 5.18. The fourth-order valence-electron chi connectivity index (χ4n) is 3.76. The van der Waals surface area contributed by atoms with Gasteiger partial charge in [0.1, 0.15) is 10.8 Å². The molecule has 0 unspecified atom stereocenters. The highest BCUT2D eigenvalue weighted by atomic mass is 32.1. The van der Waals surface area contributed by atoms with Crippen molar-refractivity contribution in [3.63, 3.8) is 0 Å². The monoisotopic (exact) mass is 462 g/mol. The molecule has 2 aromatic heterocycles. The Hall–Kier alpha value is -2.75. The van der Waals surface area contributed by atoms with E-state index >= 15 is 0 Å². The number of aryl methyl sites for hydroxylation is 1. The summed E-state index contributed by atoms with van der Waals surface area (Å²) in [4.78, 5) is 16.1. The normalized spacial score (nSPS) is 15.6. The molecule has 32 heavy (non-hydrogen) atoms. The van der Waals surface area contributed by atoms with E-state index in [2.05, 4.69) is 27.9 Å². The molecule has 1 aliphatic heterocycles. The lowest BCUT2D eigenvalue weighted by atomic mass is 9.97. The summed E-state index contributed by atoms with van der Waals surface area (Å²) >= 11 is 1.53. The van der Waals surface area contributed by atoms with Crippen LogP contribution in [0.25, 0.3) is 0 Å². The Labute approximate surface area is 188 Å². The first kappa shape index (κ1) is 22.4. The van der Waals surface area contributed by atoms with Crippen molar-refractivity contribution in [1.82, 2.24) is 4.90 Å². The van der Waals surface area contributed by atoms with Gasteiger partial charge in [-0.3, -0.25) is 9.69 Å². The summed E-state index contributed by atoms with van der Waals surface area (Å²) in [6.07, 6.45) is 2.28. The number of morpholine rings is 1. The maximum absolute atomic E-state index is 12.7. The van der Waals surface area contributed by atoms with Crippen LogP contribution in [0, 0.1) is 0 Å². The molecule has 0 bridgehead atoms. The number of thiophene rings is 1. The summed E-state index contributed by atoms with van der Waals surface area (Å²) in [7, 11) is 0. The molecular formula is C23H24F2N2O4S. The minimum atomic E-state index is -2.87. The number of carbonyl (C=O) groups is 1. The topological polar surface area (TPSA) is 63.9 Å². The second kappa shape index (κ2) is 10.2. The third-order valence-corrected chi connectivity index (χ3v) is 6.47. The van der Waals surface area contributed by atoms with Gasteiger partial charge in [-0.1, -0.05) is 19.1 Å². The molecule has 3 heterocycles. The molecule has 1 atom stereocenters. The first-order valence-corrected chi connectivity index (χ1v) is 11.2. The molecule has 3 aromatic rings. The molecule has 1 aliphatic rings. The lowest BCUT2D eigenvalue weighted by Gasteiger charge is -2.35. The molecule has 0 radical (unpaired) electrons. The van der Waals surface area contributed by atoms with Crippen LogP contribution in [0.4, 0.5) is 13.8 Å². The fraction of sp³-hybridized carbons (Fsp3) is 0.348. The fourth-order valence-corrected chi connectivity index (χ4v) is 4.78. The number of alkyl halides is 2. The number of ether oxygens (including phenoxy) is 2.